The molecule has 0 saturated carbocycles. The molecule has 0 aromatic heterocycles. The normalized spacial score (nSPS) is 10.2. The fourth-order valence-corrected chi connectivity index (χ4v) is 1.68. The lowest BCUT2D eigenvalue weighted by molar-refractivity contribution is 0.340. The largest absolute Gasteiger partial charge is 0.492 e. The van der Waals surface area contributed by atoms with E-state index in [4.69, 9.17) is 27.9 Å². The van der Waals surface area contributed by atoms with Crippen molar-refractivity contribution in [1.29, 1.82) is 0 Å². The minimum Gasteiger partial charge on any atom is -0.492 e. The van der Waals surface area contributed by atoms with Crippen LogP contribution in [0.15, 0.2) is 18.2 Å². The van der Waals surface area contributed by atoms with Crippen LogP contribution in [0.4, 0.5) is 0 Å². The minimum atomic E-state index is 0.638. The summed E-state index contributed by atoms with van der Waals surface area (Å²) in [6, 6.07) is 5.86. The average Bonchev–Trinajstić information content (AvgIpc) is 2.20. The van der Waals surface area contributed by atoms with Crippen LogP contribution in [-0.4, -0.2) is 12.5 Å². The third-order valence-corrected chi connectivity index (χ3v) is 2.62. The number of alkyl halides is 1. The molecule has 0 N–H and O–H groups in total. The van der Waals surface area contributed by atoms with E-state index in [1.165, 1.54) is 0 Å². The first-order valence-electron chi connectivity index (χ1n) is 4.75. The third-order valence-electron chi connectivity index (χ3n) is 1.92. The van der Waals surface area contributed by atoms with Gasteiger partial charge < -0.3 is 4.74 Å². The van der Waals surface area contributed by atoms with Gasteiger partial charge in [-0.15, -0.1) is 11.6 Å². The molecule has 0 atom stereocenters. The third kappa shape index (κ3) is 3.07. The Labute approximate surface area is 95.0 Å². The summed E-state index contributed by atoms with van der Waals surface area (Å²) in [5.74, 6) is 1.43. The fourth-order valence-electron chi connectivity index (χ4n) is 1.27. The van der Waals surface area contributed by atoms with Crippen LogP contribution in [0.2, 0.25) is 5.02 Å². The van der Waals surface area contributed by atoms with Crippen molar-refractivity contribution in [3.05, 3.63) is 28.8 Å². The maximum Gasteiger partial charge on any atom is 0.138 e. The highest BCUT2D eigenvalue weighted by Crippen LogP contribution is 2.28. The van der Waals surface area contributed by atoms with Crippen molar-refractivity contribution in [3.8, 4) is 5.75 Å². The first kappa shape index (κ1) is 11.7. The molecule has 1 aromatic rings. The molecule has 0 fully saturated rings. The van der Waals surface area contributed by atoms with Gasteiger partial charge in [0.15, 0.2) is 0 Å². The molecule has 3 heteroatoms. The van der Waals surface area contributed by atoms with Crippen LogP contribution in [0, 0.1) is 0 Å². The molecule has 14 heavy (non-hydrogen) atoms. The quantitative estimate of drug-likeness (QED) is 0.700. The number of hydrogen-bond donors (Lipinski definition) is 0. The van der Waals surface area contributed by atoms with Crippen molar-refractivity contribution in [3.63, 3.8) is 0 Å². The highest BCUT2D eigenvalue weighted by atomic mass is 35.5. The molecule has 0 amide bonds. The van der Waals surface area contributed by atoms with E-state index in [1.54, 1.807) is 0 Å². The lowest BCUT2D eigenvalue weighted by Gasteiger charge is -2.09. The lowest BCUT2D eigenvalue weighted by atomic mass is 10.1. The summed E-state index contributed by atoms with van der Waals surface area (Å²) in [4.78, 5) is 0. The second-order valence-corrected chi connectivity index (χ2v) is 3.71. The maximum atomic E-state index is 6.16. The molecule has 0 aliphatic heterocycles. The van der Waals surface area contributed by atoms with Crippen LogP contribution in [0.3, 0.4) is 0 Å². The van der Waals surface area contributed by atoms with Crippen LogP contribution < -0.4 is 4.74 Å². The molecule has 0 aliphatic rings. The Morgan fingerprint density at radius 2 is 2.14 bits per heavy atom. The topological polar surface area (TPSA) is 9.23 Å². The predicted octanol–water partition coefficient (Wildman–Crippen LogP) is 3.91. The molecule has 0 spiro atoms. The summed E-state index contributed by atoms with van der Waals surface area (Å²) in [6.45, 7) is 2.58. The van der Waals surface area contributed by atoms with Crippen LogP contribution in [0.25, 0.3) is 0 Å². The number of ether oxygens (including phenoxy) is 1. The van der Waals surface area contributed by atoms with E-state index >= 15 is 0 Å². The zero-order chi connectivity index (χ0) is 10.4. The highest BCUT2D eigenvalue weighted by molar-refractivity contribution is 6.32. The molecule has 0 bridgehead atoms. The molecule has 0 unspecified atom stereocenters. The van der Waals surface area contributed by atoms with Crippen molar-refractivity contribution >= 4 is 23.2 Å². The van der Waals surface area contributed by atoms with E-state index in [1.807, 2.05) is 25.1 Å². The summed E-state index contributed by atoms with van der Waals surface area (Å²) in [5, 5.41) is 0.722. The Morgan fingerprint density at radius 1 is 1.36 bits per heavy atom. The van der Waals surface area contributed by atoms with E-state index in [0.29, 0.717) is 12.5 Å². The van der Waals surface area contributed by atoms with E-state index in [9.17, 15) is 0 Å². The van der Waals surface area contributed by atoms with E-state index < -0.39 is 0 Å². The SMILES string of the molecule is CCOc1cccc(CCCCl)c1Cl. The molecule has 0 saturated heterocycles. The van der Waals surface area contributed by atoms with Gasteiger partial charge in [-0.1, -0.05) is 23.7 Å². The van der Waals surface area contributed by atoms with Gasteiger partial charge in [-0.05, 0) is 31.4 Å². The lowest BCUT2D eigenvalue weighted by Crippen LogP contribution is -1.95. The Hall–Kier alpha value is -0.400. The number of halogens is 2. The van der Waals surface area contributed by atoms with Gasteiger partial charge in [-0.2, -0.15) is 0 Å². The fraction of sp³-hybridized carbons (Fsp3) is 0.455. The van der Waals surface area contributed by atoms with E-state index in [2.05, 4.69) is 0 Å². The second-order valence-electron chi connectivity index (χ2n) is 2.95. The van der Waals surface area contributed by atoms with Gasteiger partial charge in [0.2, 0.25) is 0 Å². The van der Waals surface area contributed by atoms with Crippen LogP contribution in [0.1, 0.15) is 18.9 Å². The van der Waals surface area contributed by atoms with Crippen molar-refractivity contribution in [2.45, 2.75) is 19.8 Å². The second kappa shape index (κ2) is 6.15. The standard InChI is InChI=1S/C11H14Cl2O/c1-2-14-10-7-3-5-9(11(10)13)6-4-8-12/h3,5,7H,2,4,6,8H2,1H3. The molecular weight excluding hydrogens is 219 g/mol. The van der Waals surface area contributed by atoms with Gasteiger partial charge in [-0.25, -0.2) is 0 Å². The number of benzene rings is 1. The molecule has 78 valence electrons. The zero-order valence-electron chi connectivity index (χ0n) is 8.22. The molecule has 1 nitrogen and oxygen atoms in total. The molecule has 1 rings (SSSR count). The average molecular weight is 233 g/mol. The Morgan fingerprint density at radius 3 is 2.79 bits per heavy atom. The predicted molar refractivity (Wildman–Crippen MR) is 61.7 cm³/mol. The molecule has 0 aliphatic carbocycles. The minimum absolute atomic E-state index is 0.638. The number of aryl methyl sites for hydroxylation is 1. The summed E-state index contributed by atoms with van der Waals surface area (Å²) in [5.41, 5.74) is 1.11. The summed E-state index contributed by atoms with van der Waals surface area (Å²) >= 11 is 11.8. The molecule has 0 heterocycles. The maximum absolute atomic E-state index is 6.16. The monoisotopic (exact) mass is 232 g/mol. The summed E-state index contributed by atoms with van der Waals surface area (Å²) in [6.07, 6.45) is 1.85. The van der Waals surface area contributed by atoms with Gasteiger partial charge in [0.1, 0.15) is 5.75 Å². The Bertz CT molecular complexity index is 287. The number of rotatable bonds is 5. The number of hydrogen-bond acceptors (Lipinski definition) is 1. The van der Waals surface area contributed by atoms with Crippen LogP contribution >= 0.6 is 23.2 Å². The van der Waals surface area contributed by atoms with Gasteiger partial charge in [0.25, 0.3) is 0 Å². The van der Waals surface area contributed by atoms with Crippen LogP contribution in [0.5, 0.6) is 5.75 Å². The van der Waals surface area contributed by atoms with Gasteiger partial charge in [0, 0.05) is 5.88 Å². The van der Waals surface area contributed by atoms with Gasteiger partial charge in [-0.3, -0.25) is 0 Å². The molecular formula is C11H14Cl2O. The summed E-state index contributed by atoms with van der Waals surface area (Å²) in [7, 11) is 0. The van der Waals surface area contributed by atoms with Crippen LogP contribution in [-0.2, 0) is 6.42 Å². The smallest absolute Gasteiger partial charge is 0.138 e. The van der Waals surface area contributed by atoms with E-state index in [-0.39, 0.29) is 0 Å². The van der Waals surface area contributed by atoms with Crippen molar-refractivity contribution in [2.24, 2.45) is 0 Å². The van der Waals surface area contributed by atoms with E-state index in [0.717, 1.165) is 29.2 Å². The highest BCUT2D eigenvalue weighted by Gasteiger charge is 2.05. The first-order chi connectivity index (χ1) is 6.79. The molecule has 1 aromatic carbocycles. The van der Waals surface area contributed by atoms with Gasteiger partial charge in [0.05, 0.1) is 11.6 Å². The van der Waals surface area contributed by atoms with Gasteiger partial charge >= 0.3 is 0 Å². The Kier molecular flexibility index (Phi) is 5.13. The summed E-state index contributed by atoms with van der Waals surface area (Å²) < 4.78 is 5.39. The van der Waals surface area contributed by atoms with Crippen molar-refractivity contribution < 1.29 is 4.74 Å². The molecule has 0 radical (unpaired) electrons. The zero-order valence-corrected chi connectivity index (χ0v) is 9.74. The first-order valence-corrected chi connectivity index (χ1v) is 5.67. The Balaban J connectivity index is 2.78. The van der Waals surface area contributed by atoms with Crippen molar-refractivity contribution in [2.75, 3.05) is 12.5 Å². The van der Waals surface area contributed by atoms with Crippen molar-refractivity contribution in [1.82, 2.24) is 0 Å².